The Hall–Kier alpha value is -1.35. The maximum Gasteiger partial charge on any atom is 0.253 e. The zero-order chi connectivity index (χ0) is 13.3. The van der Waals surface area contributed by atoms with Gasteiger partial charge in [-0.1, -0.05) is 17.2 Å². The van der Waals surface area contributed by atoms with Gasteiger partial charge in [-0.25, -0.2) is 0 Å². The predicted octanol–water partition coefficient (Wildman–Crippen LogP) is 2.11. The molecule has 0 bridgehead atoms. The zero-order valence-corrected chi connectivity index (χ0v) is 11.4. The van der Waals surface area contributed by atoms with E-state index in [4.69, 9.17) is 5.73 Å². The third-order valence-electron chi connectivity index (χ3n) is 3.72. The van der Waals surface area contributed by atoms with Gasteiger partial charge >= 0.3 is 0 Å². The second-order valence-corrected chi connectivity index (χ2v) is 5.54. The molecule has 2 rings (SSSR count). The summed E-state index contributed by atoms with van der Waals surface area (Å²) in [7, 11) is 0. The Morgan fingerprint density at radius 3 is 2.44 bits per heavy atom. The summed E-state index contributed by atoms with van der Waals surface area (Å²) < 4.78 is 0. The smallest absolute Gasteiger partial charge is 0.253 e. The molecule has 0 spiro atoms. The molecule has 98 valence electrons. The number of benzene rings is 1. The van der Waals surface area contributed by atoms with E-state index in [2.05, 4.69) is 6.07 Å². The SMILES string of the molecule is Cc1cc(C)cc(C(=O)N2CCC(C(C)N)C2)c1. The number of nitrogens with two attached hydrogens (primary N) is 1. The lowest BCUT2D eigenvalue weighted by molar-refractivity contribution is 0.0786. The summed E-state index contributed by atoms with van der Waals surface area (Å²) in [5.74, 6) is 0.588. The highest BCUT2D eigenvalue weighted by molar-refractivity contribution is 5.94. The summed E-state index contributed by atoms with van der Waals surface area (Å²) in [6.07, 6.45) is 1.02. The van der Waals surface area contributed by atoms with Crippen molar-refractivity contribution in [3.05, 3.63) is 34.9 Å². The normalized spacial score (nSPS) is 21.1. The van der Waals surface area contributed by atoms with E-state index in [0.29, 0.717) is 5.92 Å². The summed E-state index contributed by atoms with van der Waals surface area (Å²) in [6.45, 7) is 7.70. The molecule has 1 amide bonds. The first-order chi connectivity index (χ1) is 8.47. The average Bonchev–Trinajstić information content (AvgIpc) is 2.75. The molecule has 1 aromatic rings. The van der Waals surface area contributed by atoms with Crippen LogP contribution in [-0.4, -0.2) is 29.9 Å². The van der Waals surface area contributed by atoms with E-state index in [0.717, 1.165) is 36.2 Å². The van der Waals surface area contributed by atoms with Crippen molar-refractivity contribution in [2.45, 2.75) is 33.2 Å². The maximum atomic E-state index is 12.4. The van der Waals surface area contributed by atoms with Crippen molar-refractivity contribution in [1.82, 2.24) is 4.90 Å². The molecular weight excluding hydrogens is 224 g/mol. The Morgan fingerprint density at radius 2 is 1.94 bits per heavy atom. The Labute approximate surface area is 109 Å². The largest absolute Gasteiger partial charge is 0.338 e. The van der Waals surface area contributed by atoms with Crippen molar-refractivity contribution in [3.8, 4) is 0 Å². The van der Waals surface area contributed by atoms with Gasteiger partial charge in [-0.05, 0) is 45.2 Å². The molecule has 1 fully saturated rings. The van der Waals surface area contributed by atoms with Crippen LogP contribution in [0.3, 0.4) is 0 Å². The molecule has 18 heavy (non-hydrogen) atoms. The molecule has 0 aromatic heterocycles. The lowest BCUT2D eigenvalue weighted by Gasteiger charge is -2.18. The highest BCUT2D eigenvalue weighted by Crippen LogP contribution is 2.21. The monoisotopic (exact) mass is 246 g/mol. The molecule has 0 radical (unpaired) electrons. The minimum absolute atomic E-state index is 0.143. The Morgan fingerprint density at radius 1 is 1.33 bits per heavy atom. The van der Waals surface area contributed by atoms with Crippen molar-refractivity contribution in [3.63, 3.8) is 0 Å². The van der Waals surface area contributed by atoms with Crippen LogP contribution in [0, 0.1) is 19.8 Å². The van der Waals surface area contributed by atoms with Gasteiger partial charge in [0, 0.05) is 24.7 Å². The minimum Gasteiger partial charge on any atom is -0.338 e. The molecular formula is C15H22N2O. The van der Waals surface area contributed by atoms with Crippen LogP contribution in [0.15, 0.2) is 18.2 Å². The van der Waals surface area contributed by atoms with E-state index in [1.807, 2.05) is 37.8 Å². The maximum absolute atomic E-state index is 12.4. The molecule has 3 nitrogen and oxygen atoms in total. The van der Waals surface area contributed by atoms with Gasteiger partial charge in [0.25, 0.3) is 5.91 Å². The van der Waals surface area contributed by atoms with Crippen molar-refractivity contribution < 1.29 is 4.79 Å². The van der Waals surface area contributed by atoms with E-state index in [1.54, 1.807) is 0 Å². The molecule has 1 saturated heterocycles. The van der Waals surface area contributed by atoms with Gasteiger partial charge in [-0.3, -0.25) is 4.79 Å². The van der Waals surface area contributed by atoms with Crippen LogP contribution in [-0.2, 0) is 0 Å². The first-order valence-electron chi connectivity index (χ1n) is 6.60. The number of hydrogen-bond acceptors (Lipinski definition) is 2. The second-order valence-electron chi connectivity index (χ2n) is 5.54. The Balaban J connectivity index is 2.12. The standard InChI is InChI=1S/C15H22N2O/c1-10-6-11(2)8-14(7-10)15(18)17-5-4-13(9-17)12(3)16/h6-8,12-13H,4-5,9,16H2,1-3H3. The summed E-state index contributed by atoms with van der Waals surface area (Å²) in [4.78, 5) is 14.3. The van der Waals surface area contributed by atoms with Crippen LogP contribution in [0.2, 0.25) is 0 Å². The lowest BCUT2D eigenvalue weighted by Crippen LogP contribution is -2.33. The van der Waals surface area contributed by atoms with E-state index >= 15 is 0 Å². The number of aryl methyl sites for hydroxylation is 2. The molecule has 1 heterocycles. The van der Waals surface area contributed by atoms with Crippen LogP contribution >= 0.6 is 0 Å². The molecule has 1 aromatic carbocycles. The van der Waals surface area contributed by atoms with Crippen molar-refractivity contribution in [2.24, 2.45) is 11.7 Å². The van der Waals surface area contributed by atoms with Crippen LogP contribution in [0.25, 0.3) is 0 Å². The van der Waals surface area contributed by atoms with Crippen LogP contribution < -0.4 is 5.73 Å². The van der Waals surface area contributed by atoms with E-state index < -0.39 is 0 Å². The van der Waals surface area contributed by atoms with Crippen molar-refractivity contribution in [1.29, 1.82) is 0 Å². The van der Waals surface area contributed by atoms with Crippen LogP contribution in [0.4, 0.5) is 0 Å². The Kier molecular flexibility index (Phi) is 3.71. The summed E-state index contributed by atoms with van der Waals surface area (Å²) in [6, 6.07) is 6.19. The first-order valence-corrected chi connectivity index (χ1v) is 6.60. The summed E-state index contributed by atoms with van der Waals surface area (Å²) in [5.41, 5.74) is 8.99. The average molecular weight is 246 g/mol. The molecule has 2 unspecified atom stereocenters. The van der Waals surface area contributed by atoms with Gasteiger partial charge in [0.1, 0.15) is 0 Å². The van der Waals surface area contributed by atoms with Crippen molar-refractivity contribution in [2.75, 3.05) is 13.1 Å². The second kappa shape index (κ2) is 5.11. The van der Waals surface area contributed by atoms with Gasteiger partial charge in [0.05, 0.1) is 0 Å². The summed E-state index contributed by atoms with van der Waals surface area (Å²) in [5, 5.41) is 0. The van der Waals surface area contributed by atoms with E-state index in [-0.39, 0.29) is 11.9 Å². The van der Waals surface area contributed by atoms with Gasteiger partial charge < -0.3 is 10.6 Å². The minimum atomic E-state index is 0.143. The van der Waals surface area contributed by atoms with Gasteiger partial charge in [-0.15, -0.1) is 0 Å². The number of nitrogens with zero attached hydrogens (tertiary/aromatic N) is 1. The number of carbonyl (C=O) groups excluding carboxylic acids is 1. The number of carbonyl (C=O) groups is 1. The Bertz CT molecular complexity index is 434. The molecule has 1 aliphatic rings. The molecule has 1 aliphatic heterocycles. The quantitative estimate of drug-likeness (QED) is 0.868. The number of rotatable bonds is 2. The van der Waals surface area contributed by atoms with Gasteiger partial charge in [0.2, 0.25) is 0 Å². The zero-order valence-electron chi connectivity index (χ0n) is 11.4. The topological polar surface area (TPSA) is 46.3 Å². The number of hydrogen-bond donors (Lipinski definition) is 1. The fourth-order valence-electron chi connectivity index (χ4n) is 2.68. The summed E-state index contributed by atoms with van der Waals surface area (Å²) >= 11 is 0. The number of likely N-dealkylation sites (tertiary alicyclic amines) is 1. The van der Waals surface area contributed by atoms with E-state index in [9.17, 15) is 4.79 Å². The first kappa shape index (κ1) is 13.1. The highest BCUT2D eigenvalue weighted by Gasteiger charge is 2.28. The molecule has 0 saturated carbocycles. The fraction of sp³-hybridized carbons (Fsp3) is 0.533. The number of amides is 1. The van der Waals surface area contributed by atoms with Gasteiger partial charge in [0.15, 0.2) is 0 Å². The molecule has 3 heteroatoms. The van der Waals surface area contributed by atoms with E-state index in [1.165, 1.54) is 0 Å². The molecule has 0 aliphatic carbocycles. The molecule has 2 N–H and O–H groups in total. The third-order valence-corrected chi connectivity index (χ3v) is 3.72. The lowest BCUT2D eigenvalue weighted by atomic mass is 10.0. The van der Waals surface area contributed by atoms with Crippen LogP contribution in [0.1, 0.15) is 34.8 Å². The third kappa shape index (κ3) is 2.72. The predicted molar refractivity (Wildman–Crippen MR) is 73.6 cm³/mol. The van der Waals surface area contributed by atoms with Crippen LogP contribution in [0.5, 0.6) is 0 Å². The van der Waals surface area contributed by atoms with Gasteiger partial charge in [-0.2, -0.15) is 0 Å². The van der Waals surface area contributed by atoms with Crippen molar-refractivity contribution >= 4 is 5.91 Å². The fourth-order valence-corrected chi connectivity index (χ4v) is 2.68. The molecule has 2 atom stereocenters. The highest BCUT2D eigenvalue weighted by atomic mass is 16.2.